The molecule has 3 N–H and O–H groups in total. The van der Waals surface area contributed by atoms with Crippen LogP contribution in [-0.4, -0.2) is 15.2 Å². The number of anilines is 1. The van der Waals surface area contributed by atoms with Crippen molar-refractivity contribution in [2.24, 2.45) is 0 Å². The molecular formula is C14H14N4S. The van der Waals surface area contributed by atoms with E-state index in [0.717, 1.165) is 21.8 Å². The minimum Gasteiger partial charge on any atom is -0.383 e. The van der Waals surface area contributed by atoms with Crippen LogP contribution in [0, 0.1) is 13.8 Å². The van der Waals surface area contributed by atoms with Crippen molar-refractivity contribution in [1.29, 1.82) is 0 Å². The van der Waals surface area contributed by atoms with Gasteiger partial charge in [0.1, 0.15) is 10.8 Å². The lowest BCUT2D eigenvalue weighted by atomic mass is 10.0. The van der Waals surface area contributed by atoms with Gasteiger partial charge in [0, 0.05) is 10.9 Å². The largest absolute Gasteiger partial charge is 0.383 e. The fourth-order valence-electron chi connectivity index (χ4n) is 2.09. The highest BCUT2D eigenvalue weighted by Gasteiger charge is 2.11. The Kier molecular flexibility index (Phi) is 2.83. The third kappa shape index (κ3) is 2.13. The van der Waals surface area contributed by atoms with Gasteiger partial charge in [-0.15, -0.1) is 11.3 Å². The molecule has 96 valence electrons. The smallest absolute Gasteiger partial charge is 0.129 e. The molecule has 0 fully saturated rings. The number of aromatic nitrogens is 3. The maximum atomic E-state index is 5.82. The van der Waals surface area contributed by atoms with Gasteiger partial charge < -0.3 is 5.73 Å². The van der Waals surface area contributed by atoms with Crippen LogP contribution in [0.25, 0.3) is 21.8 Å². The molecule has 0 spiro atoms. The highest BCUT2D eigenvalue weighted by Crippen LogP contribution is 2.32. The Balaban J connectivity index is 2.04. The van der Waals surface area contributed by atoms with Crippen LogP contribution < -0.4 is 5.73 Å². The number of rotatable bonds is 2. The summed E-state index contributed by atoms with van der Waals surface area (Å²) in [5.74, 6) is 0.557. The molecule has 1 aromatic carbocycles. The minimum absolute atomic E-state index is 0.557. The summed E-state index contributed by atoms with van der Waals surface area (Å²) in [7, 11) is 0. The van der Waals surface area contributed by atoms with Crippen LogP contribution in [0.5, 0.6) is 0 Å². The molecule has 0 atom stereocenters. The van der Waals surface area contributed by atoms with Crippen molar-refractivity contribution < 1.29 is 0 Å². The number of aromatic amines is 1. The molecule has 0 aliphatic heterocycles. The minimum atomic E-state index is 0.557. The average molecular weight is 270 g/mol. The Morgan fingerprint density at radius 2 is 2.05 bits per heavy atom. The van der Waals surface area contributed by atoms with Gasteiger partial charge in [0.15, 0.2) is 0 Å². The van der Waals surface area contributed by atoms with Crippen LogP contribution in [0.15, 0.2) is 29.8 Å². The van der Waals surface area contributed by atoms with Gasteiger partial charge in [0.25, 0.3) is 0 Å². The predicted molar refractivity (Wildman–Crippen MR) is 79.0 cm³/mol. The number of nitrogen functional groups attached to an aromatic ring is 1. The molecule has 19 heavy (non-hydrogen) atoms. The normalized spacial score (nSPS) is 10.8. The molecule has 0 aliphatic rings. The number of thiazole rings is 1. The van der Waals surface area contributed by atoms with E-state index < -0.39 is 0 Å². The second-order valence-electron chi connectivity index (χ2n) is 4.55. The third-order valence-electron chi connectivity index (χ3n) is 3.06. The number of nitrogens with one attached hydrogen (secondary N) is 1. The van der Waals surface area contributed by atoms with Gasteiger partial charge in [-0.05, 0) is 19.4 Å². The number of hydrogen-bond acceptors (Lipinski definition) is 4. The molecule has 2 heterocycles. The summed E-state index contributed by atoms with van der Waals surface area (Å²) in [6.07, 6.45) is 1.71. The lowest BCUT2D eigenvalue weighted by Gasteiger charge is -2.03. The van der Waals surface area contributed by atoms with Gasteiger partial charge in [0.2, 0.25) is 0 Å². The van der Waals surface area contributed by atoms with Crippen molar-refractivity contribution in [2.45, 2.75) is 13.8 Å². The predicted octanol–water partition coefficient (Wildman–Crippen LogP) is 3.40. The molecule has 4 nitrogen and oxygen atoms in total. The average Bonchev–Trinajstić information content (AvgIpc) is 2.97. The van der Waals surface area contributed by atoms with Crippen molar-refractivity contribution in [2.75, 3.05) is 5.73 Å². The van der Waals surface area contributed by atoms with Crippen LogP contribution in [0.1, 0.15) is 11.1 Å². The number of hydrogen-bond donors (Lipinski definition) is 2. The number of H-pyrrole nitrogens is 1. The monoisotopic (exact) mass is 270 g/mol. The van der Waals surface area contributed by atoms with Crippen molar-refractivity contribution in [1.82, 2.24) is 15.2 Å². The summed E-state index contributed by atoms with van der Waals surface area (Å²) < 4.78 is 0. The second kappa shape index (κ2) is 4.51. The number of aryl methyl sites for hydroxylation is 2. The van der Waals surface area contributed by atoms with Crippen LogP contribution >= 0.6 is 11.3 Å². The zero-order chi connectivity index (χ0) is 13.4. The molecular weight excluding hydrogens is 256 g/mol. The summed E-state index contributed by atoms with van der Waals surface area (Å²) in [5, 5.41) is 9.60. The van der Waals surface area contributed by atoms with Crippen LogP contribution in [0.2, 0.25) is 0 Å². The second-order valence-corrected chi connectivity index (χ2v) is 5.41. The van der Waals surface area contributed by atoms with E-state index in [2.05, 4.69) is 52.6 Å². The first-order valence-electron chi connectivity index (χ1n) is 5.97. The van der Waals surface area contributed by atoms with Crippen molar-refractivity contribution in [3.8, 4) is 21.8 Å². The van der Waals surface area contributed by atoms with Crippen LogP contribution in [-0.2, 0) is 0 Å². The maximum absolute atomic E-state index is 5.82. The first-order chi connectivity index (χ1) is 9.15. The summed E-state index contributed by atoms with van der Waals surface area (Å²) >= 11 is 1.58. The number of nitrogens with two attached hydrogens (primary N) is 1. The van der Waals surface area contributed by atoms with Gasteiger partial charge in [-0.2, -0.15) is 5.10 Å². The molecule has 2 aromatic heterocycles. The highest BCUT2D eigenvalue weighted by atomic mass is 32.1. The number of nitrogens with zero attached hydrogens (tertiary/aromatic N) is 2. The molecule has 0 aliphatic carbocycles. The van der Waals surface area contributed by atoms with Crippen molar-refractivity contribution in [3.63, 3.8) is 0 Å². The molecule has 0 radical (unpaired) electrons. The van der Waals surface area contributed by atoms with E-state index >= 15 is 0 Å². The standard InChI is InChI=1S/C14H14N4S/c1-8-3-4-10(9(2)5-8)12-7-19-14(17-12)11-6-16-18-13(11)15/h3-7H,1-2H3,(H3,15,16,18). The molecule has 3 rings (SSSR count). The maximum Gasteiger partial charge on any atom is 0.129 e. The van der Waals surface area contributed by atoms with Gasteiger partial charge >= 0.3 is 0 Å². The van der Waals surface area contributed by atoms with E-state index in [4.69, 9.17) is 5.73 Å². The lowest BCUT2D eigenvalue weighted by Crippen LogP contribution is -1.88. The summed E-state index contributed by atoms with van der Waals surface area (Å²) in [6.45, 7) is 4.20. The third-order valence-corrected chi connectivity index (χ3v) is 3.94. The van der Waals surface area contributed by atoms with Gasteiger partial charge in [-0.3, -0.25) is 5.10 Å². The van der Waals surface area contributed by atoms with E-state index in [1.807, 2.05) is 0 Å². The molecule has 0 saturated heterocycles. The fourth-order valence-corrected chi connectivity index (χ4v) is 2.93. The highest BCUT2D eigenvalue weighted by molar-refractivity contribution is 7.13. The van der Waals surface area contributed by atoms with Crippen molar-refractivity contribution in [3.05, 3.63) is 40.9 Å². The van der Waals surface area contributed by atoms with Gasteiger partial charge in [-0.25, -0.2) is 4.98 Å². The zero-order valence-electron chi connectivity index (χ0n) is 10.8. The Labute approximate surface area is 115 Å². The summed E-state index contributed by atoms with van der Waals surface area (Å²) in [4.78, 5) is 4.65. The van der Waals surface area contributed by atoms with Crippen LogP contribution in [0.4, 0.5) is 5.82 Å². The van der Waals surface area contributed by atoms with E-state index in [1.165, 1.54) is 11.1 Å². The SMILES string of the molecule is Cc1ccc(-c2csc(-c3cn[nH]c3N)n2)c(C)c1. The Hall–Kier alpha value is -2.14. The van der Waals surface area contributed by atoms with E-state index in [-0.39, 0.29) is 0 Å². The van der Waals surface area contributed by atoms with E-state index in [1.54, 1.807) is 17.5 Å². The Bertz CT molecular complexity index is 727. The first kappa shape index (κ1) is 11.9. The Morgan fingerprint density at radius 1 is 1.21 bits per heavy atom. The number of benzene rings is 1. The molecule has 0 bridgehead atoms. The molecule has 3 aromatic rings. The molecule has 0 unspecified atom stereocenters. The molecule has 0 amide bonds. The van der Waals surface area contributed by atoms with Gasteiger partial charge in [0.05, 0.1) is 17.5 Å². The topological polar surface area (TPSA) is 67.6 Å². The fraction of sp³-hybridized carbons (Fsp3) is 0.143. The summed E-state index contributed by atoms with van der Waals surface area (Å²) in [6, 6.07) is 6.39. The Morgan fingerprint density at radius 3 is 2.74 bits per heavy atom. The van der Waals surface area contributed by atoms with Crippen LogP contribution in [0.3, 0.4) is 0 Å². The lowest BCUT2D eigenvalue weighted by molar-refractivity contribution is 1.10. The zero-order valence-corrected chi connectivity index (χ0v) is 11.6. The van der Waals surface area contributed by atoms with Crippen molar-refractivity contribution >= 4 is 17.2 Å². The van der Waals surface area contributed by atoms with E-state index in [9.17, 15) is 0 Å². The van der Waals surface area contributed by atoms with E-state index in [0.29, 0.717) is 5.82 Å². The summed E-state index contributed by atoms with van der Waals surface area (Å²) in [5.41, 5.74) is 11.3. The first-order valence-corrected chi connectivity index (χ1v) is 6.85. The molecule has 5 heteroatoms. The quantitative estimate of drug-likeness (QED) is 0.750. The van der Waals surface area contributed by atoms with Gasteiger partial charge in [-0.1, -0.05) is 23.8 Å². The molecule has 0 saturated carbocycles.